The Morgan fingerprint density at radius 3 is 1.96 bits per heavy atom. The lowest BCUT2D eigenvalue weighted by atomic mass is 10.1. The first-order chi connectivity index (χ1) is 11.6. The molecule has 118 valence electrons. The standard InChI is InChI=1S/C18H12N2O3S/c21-18(13-6-5-11-19-12-13)20-14-7-1-3-9-16(14)24(22,23)17-10-4-2-8-15(17)20/h1-12H. The lowest BCUT2D eigenvalue weighted by Gasteiger charge is -2.31. The third kappa shape index (κ3) is 2.04. The van der Waals surface area contributed by atoms with E-state index in [1.165, 1.54) is 23.2 Å². The van der Waals surface area contributed by atoms with Gasteiger partial charge in [-0.3, -0.25) is 14.7 Å². The highest BCUT2D eigenvalue weighted by atomic mass is 32.2. The third-order valence-electron chi connectivity index (χ3n) is 3.90. The Hall–Kier alpha value is -2.99. The first-order valence-electron chi connectivity index (χ1n) is 7.28. The monoisotopic (exact) mass is 336 g/mol. The van der Waals surface area contributed by atoms with E-state index in [-0.39, 0.29) is 15.7 Å². The molecule has 1 aliphatic rings. The average molecular weight is 336 g/mol. The van der Waals surface area contributed by atoms with Crippen molar-refractivity contribution in [1.82, 2.24) is 4.98 Å². The lowest BCUT2D eigenvalue weighted by Crippen LogP contribution is -2.31. The van der Waals surface area contributed by atoms with Gasteiger partial charge in [-0.1, -0.05) is 24.3 Å². The maximum absolute atomic E-state index is 13.0. The summed E-state index contributed by atoms with van der Waals surface area (Å²) in [5, 5.41) is 0. The van der Waals surface area contributed by atoms with Crippen molar-refractivity contribution in [1.29, 1.82) is 0 Å². The van der Waals surface area contributed by atoms with Crippen LogP contribution >= 0.6 is 0 Å². The third-order valence-corrected chi connectivity index (χ3v) is 5.75. The molecule has 1 amide bonds. The molecule has 2 aromatic carbocycles. The molecule has 5 nitrogen and oxygen atoms in total. The Balaban J connectivity index is 2.01. The number of carbonyl (C=O) groups excluding carboxylic acids is 1. The van der Waals surface area contributed by atoms with Gasteiger partial charge >= 0.3 is 0 Å². The SMILES string of the molecule is O=C(c1cccnc1)N1c2ccccc2S(=O)(=O)c2ccccc21. The molecule has 4 rings (SSSR count). The molecule has 0 radical (unpaired) electrons. The van der Waals surface area contributed by atoms with Crippen molar-refractivity contribution in [2.45, 2.75) is 9.79 Å². The van der Waals surface area contributed by atoms with Crippen LogP contribution < -0.4 is 4.90 Å². The normalized spacial score (nSPS) is 14.6. The number of aromatic nitrogens is 1. The second-order valence-electron chi connectivity index (χ2n) is 5.32. The fourth-order valence-corrected chi connectivity index (χ4v) is 4.45. The fourth-order valence-electron chi connectivity index (χ4n) is 2.82. The van der Waals surface area contributed by atoms with Gasteiger partial charge in [0, 0.05) is 12.4 Å². The quantitative estimate of drug-likeness (QED) is 0.684. The second-order valence-corrected chi connectivity index (χ2v) is 7.21. The lowest BCUT2D eigenvalue weighted by molar-refractivity contribution is 0.0998. The summed E-state index contributed by atoms with van der Waals surface area (Å²) >= 11 is 0. The van der Waals surface area contributed by atoms with Gasteiger partial charge in [0.05, 0.1) is 26.7 Å². The molecule has 0 unspecified atom stereocenters. The van der Waals surface area contributed by atoms with E-state index in [0.717, 1.165) is 0 Å². The highest BCUT2D eigenvalue weighted by Gasteiger charge is 2.36. The zero-order valence-electron chi connectivity index (χ0n) is 12.5. The van der Waals surface area contributed by atoms with Crippen LogP contribution in [-0.2, 0) is 9.84 Å². The number of carbonyl (C=O) groups is 1. The van der Waals surface area contributed by atoms with Crippen LogP contribution in [0.3, 0.4) is 0 Å². The molecule has 0 fully saturated rings. The summed E-state index contributed by atoms with van der Waals surface area (Å²) in [4.78, 5) is 18.7. The van der Waals surface area contributed by atoms with Crippen LogP contribution in [0.15, 0.2) is 82.8 Å². The number of fused-ring (bicyclic) bond motifs is 2. The van der Waals surface area contributed by atoms with Crippen LogP contribution in [-0.4, -0.2) is 19.3 Å². The maximum atomic E-state index is 13.0. The molecular formula is C18H12N2O3S. The maximum Gasteiger partial charge on any atom is 0.264 e. The minimum absolute atomic E-state index is 0.126. The molecule has 1 aliphatic heterocycles. The molecular weight excluding hydrogens is 324 g/mol. The minimum Gasteiger partial charge on any atom is -0.274 e. The number of amides is 1. The van der Waals surface area contributed by atoms with E-state index < -0.39 is 9.84 Å². The summed E-state index contributed by atoms with van der Waals surface area (Å²) in [7, 11) is -3.66. The molecule has 1 aromatic heterocycles. The molecule has 0 saturated heterocycles. The fraction of sp³-hybridized carbons (Fsp3) is 0. The Morgan fingerprint density at radius 2 is 1.42 bits per heavy atom. The summed E-state index contributed by atoms with van der Waals surface area (Å²) in [6.07, 6.45) is 3.05. The average Bonchev–Trinajstić information content (AvgIpc) is 2.63. The Bertz CT molecular complexity index is 993. The van der Waals surface area contributed by atoms with E-state index in [1.54, 1.807) is 54.7 Å². The van der Waals surface area contributed by atoms with Gasteiger partial charge in [0.1, 0.15) is 0 Å². The van der Waals surface area contributed by atoms with E-state index in [0.29, 0.717) is 16.9 Å². The highest BCUT2D eigenvalue weighted by molar-refractivity contribution is 7.92. The van der Waals surface area contributed by atoms with Gasteiger partial charge in [-0.25, -0.2) is 8.42 Å². The van der Waals surface area contributed by atoms with Gasteiger partial charge in [0.25, 0.3) is 5.91 Å². The number of sulfone groups is 1. The van der Waals surface area contributed by atoms with Crippen LogP contribution in [0.1, 0.15) is 10.4 Å². The predicted octanol–water partition coefficient (Wildman–Crippen LogP) is 3.21. The van der Waals surface area contributed by atoms with Crippen molar-refractivity contribution in [2.75, 3.05) is 4.90 Å². The highest BCUT2D eigenvalue weighted by Crippen LogP contribution is 2.44. The Kier molecular flexibility index (Phi) is 3.21. The molecule has 0 aliphatic carbocycles. The van der Waals surface area contributed by atoms with Crippen LogP contribution in [0.25, 0.3) is 0 Å². The number of para-hydroxylation sites is 2. The van der Waals surface area contributed by atoms with Crippen LogP contribution in [0.5, 0.6) is 0 Å². The number of hydrogen-bond donors (Lipinski definition) is 0. The van der Waals surface area contributed by atoms with Crippen molar-refractivity contribution in [3.63, 3.8) is 0 Å². The van der Waals surface area contributed by atoms with Gasteiger partial charge in [-0.15, -0.1) is 0 Å². The molecule has 2 heterocycles. The van der Waals surface area contributed by atoms with Crippen LogP contribution in [0.4, 0.5) is 11.4 Å². The molecule has 0 atom stereocenters. The van der Waals surface area contributed by atoms with Gasteiger partial charge in [-0.05, 0) is 36.4 Å². The van der Waals surface area contributed by atoms with Gasteiger partial charge in [-0.2, -0.15) is 0 Å². The second kappa shape index (κ2) is 5.28. The number of anilines is 2. The summed E-state index contributed by atoms with van der Waals surface area (Å²) < 4.78 is 25.7. The molecule has 0 N–H and O–H groups in total. The largest absolute Gasteiger partial charge is 0.274 e. The van der Waals surface area contributed by atoms with Gasteiger partial charge < -0.3 is 0 Å². The minimum atomic E-state index is -3.66. The zero-order valence-corrected chi connectivity index (χ0v) is 13.3. The van der Waals surface area contributed by atoms with Crippen molar-refractivity contribution in [2.24, 2.45) is 0 Å². The number of benzene rings is 2. The van der Waals surface area contributed by atoms with Gasteiger partial charge in [0.2, 0.25) is 9.84 Å². The van der Waals surface area contributed by atoms with Crippen LogP contribution in [0, 0.1) is 0 Å². The first-order valence-corrected chi connectivity index (χ1v) is 8.76. The number of pyridine rings is 1. The van der Waals surface area contributed by atoms with Crippen molar-refractivity contribution >= 4 is 27.1 Å². The van der Waals surface area contributed by atoms with E-state index in [9.17, 15) is 13.2 Å². The molecule has 3 aromatic rings. The number of nitrogens with zero attached hydrogens (tertiary/aromatic N) is 2. The Labute approximate surface area is 139 Å². The summed E-state index contributed by atoms with van der Waals surface area (Å²) in [6, 6.07) is 16.4. The smallest absolute Gasteiger partial charge is 0.264 e. The summed E-state index contributed by atoms with van der Waals surface area (Å²) in [5.41, 5.74) is 1.09. The number of rotatable bonds is 1. The van der Waals surface area contributed by atoms with Crippen molar-refractivity contribution in [3.05, 3.63) is 78.6 Å². The molecule has 6 heteroatoms. The first kappa shape index (κ1) is 14.6. The van der Waals surface area contributed by atoms with E-state index >= 15 is 0 Å². The summed E-state index contributed by atoms with van der Waals surface area (Å²) in [6.45, 7) is 0. The number of hydrogen-bond acceptors (Lipinski definition) is 4. The van der Waals surface area contributed by atoms with E-state index in [1.807, 2.05) is 0 Å². The summed E-state index contributed by atoms with van der Waals surface area (Å²) in [5.74, 6) is -0.321. The molecule has 0 bridgehead atoms. The zero-order chi connectivity index (χ0) is 16.7. The topological polar surface area (TPSA) is 67.3 Å². The van der Waals surface area contributed by atoms with Crippen molar-refractivity contribution in [3.8, 4) is 0 Å². The predicted molar refractivity (Wildman–Crippen MR) is 89.0 cm³/mol. The van der Waals surface area contributed by atoms with E-state index in [4.69, 9.17) is 0 Å². The van der Waals surface area contributed by atoms with Crippen LogP contribution in [0.2, 0.25) is 0 Å². The van der Waals surface area contributed by atoms with Gasteiger partial charge in [0.15, 0.2) is 0 Å². The Morgan fingerprint density at radius 1 is 0.833 bits per heavy atom. The molecule has 0 spiro atoms. The van der Waals surface area contributed by atoms with E-state index in [2.05, 4.69) is 4.98 Å². The van der Waals surface area contributed by atoms with Crippen molar-refractivity contribution < 1.29 is 13.2 Å². The molecule has 24 heavy (non-hydrogen) atoms. The molecule has 0 saturated carbocycles.